The third kappa shape index (κ3) is 8.31. The first kappa shape index (κ1) is 32.6. The lowest BCUT2D eigenvalue weighted by Gasteiger charge is -2.24. The average Bonchev–Trinajstić information content (AvgIpc) is 2.98. The zero-order valence-corrected chi connectivity index (χ0v) is 23.2. The van der Waals surface area contributed by atoms with E-state index in [1.165, 1.54) is 60.7 Å². The van der Waals surface area contributed by atoms with Crippen LogP contribution in [0.15, 0.2) is 77.7 Å². The van der Waals surface area contributed by atoms with Gasteiger partial charge in [0.05, 0.1) is 22.8 Å². The van der Waals surface area contributed by atoms with E-state index in [1.807, 2.05) is 0 Å². The average molecular weight is 641 g/mol. The number of benzene rings is 3. The van der Waals surface area contributed by atoms with Gasteiger partial charge in [0.25, 0.3) is 0 Å². The first-order valence-electron chi connectivity index (χ1n) is 11.3. The van der Waals surface area contributed by atoms with E-state index in [2.05, 4.69) is 18.9 Å². The van der Waals surface area contributed by atoms with E-state index in [-0.39, 0.29) is 24.2 Å². The molecular weight excluding hydrogens is 620 g/mol. The molecule has 41 heavy (non-hydrogen) atoms. The minimum Gasteiger partial charge on any atom is -0.478 e. The van der Waals surface area contributed by atoms with Crippen LogP contribution < -0.4 is 0 Å². The molecule has 0 aliphatic heterocycles. The predicted octanol–water partition coefficient (Wildman–Crippen LogP) is 6.77. The molecule has 0 spiro atoms. The van der Waals surface area contributed by atoms with Crippen LogP contribution in [0.2, 0.25) is 0 Å². The number of rotatable bonds is 15. The van der Waals surface area contributed by atoms with Gasteiger partial charge >= 0.3 is 21.2 Å². The van der Waals surface area contributed by atoms with Crippen LogP contribution in [0.4, 0.5) is 18.1 Å². The highest BCUT2D eigenvalue weighted by molar-refractivity contribution is 7.89. The van der Waals surface area contributed by atoms with Gasteiger partial charge in [0, 0.05) is 13.1 Å². The van der Waals surface area contributed by atoms with Gasteiger partial charge in [-0.05, 0) is 52.5 Å². The summed E-state index contributed by atoms with van der Waals surface area (Å²) in [5, 5.41) is 9.54. The van der Waals surface area contributed by atoms with E-state index in [4.69, 9.17) is 0 Å². The van der Waals surface area contributed by atoms with Crippen molar-refractivity contribution in [3.63, 3.8) is 0 Å². The topological polar surface area (TPSA) is 146 Å². The van der Waals surface area contributed by atoms with Crippen molar-refractivity contribution in [3.05, 3.63) is 101 Å². The molecule has 222 valence electrons. The van der Waals surface area contributed by atoms with Crippen LogP contribution in [0, 0.1) is 0 Å². The normalized spacial score (nSPS) is 12.5. The summed E-state index contributed by atoms with van der Waals surface area (Å²) in [4.78, 5) is 11.2. The second kappa shape index (κ2) is 13.8. The molecule has 0 amide bonds. The zero-order chi connectivity index (χ0) is 30.3. The van der Waals surface area contributed by atoms with Crippen molar-refractivity contribution < 1.29 is 64.5 Å². The number of hydrogen-bond donors (Lipinski definition) is 1. The Morgan fingerprint density at radius 1 is 0.683 bits per heavy atom. The number of hydrogen-bond acceptors (Lipinski definition) is 9. The number of nitrogens with zero attached hydrogens (tertiary/aromatic N) is 1. The summed E-state index contributed by atoms with van der Waals surface area (Å²) in [5.41, 5.74) is 0.491. The smallest absolute Gasteiger partial charge is 0.399 e. The molecule has 18 heteroatoms. The fraction of sp³-hybridized carbons (Fsp3) is 0.174. The maximum Gasteiger partial charge on any atom is 0.399 e. The fourth-order valence-electron chi connectivity index (χ4n) is 3.71. The van der Waals surface area contributed by atoms with Gasteiger partial charge in [0.15, 0.2) is 0 Å². The van der Waals surface area contributed by atoms with Crippen LogP contribution in [-0.4, -0.2) is 23.8 Å². The van der Waals surface area contributed by atoms with Crippen molar-refractivity contribution in [2.75, 3.05) is 0 Å². The van der Waals surface area contributed by atoms with Crippen molar-refractivity contribution in [3.8, 4) is 0 Å². The maximum atomic E-state index is 13.7. The third-order valence-corrected chi connectivity index (χ3v) is 9.87. The van der Waals surface area contributed by atoms with Crippen LogP contribution in [0.5, 0.6) is 0 Å². The summed E-state index contributed by atoms with van der Waals surface area (Å²) in [6.45, 7) is -0.647. The molecule has 0 aliphatic rings. The van der Waals surface area contributed by atoms with Crippen LogP contribution in [0.3, 0.4) is 0 Å². The largest absolute Gasteiger partial charge is 0.478 e. The predicted molar refractivity (Wildman–Crippen MR) is 134 cm³/mol. The molecule has 0 heterocycles. The van der Waals surface area contributed by atoms with E-state index < -0.39 is 54.0 Å². The van der Waals surface area contributed by atoms with E-state index >= 15 is 0 Å². The summed E-state index contributed by atoms with van der Waals surface area (Å²) in [6, 6.07) is 15.7. The van der Waals surface area contributed by atoms with Crippen molar-refractivity contribution >= 4 is 31.2 Å². The minimum atomic E-state index is -4.67. The Labute approximate surface area is 230 Å². The summed E-state index contributed by atoms with van der Waals surface area (Å²) in [6.07, 6.45) is -1.51. The first-order chi connectivity index (χ1) is 19.4. The van der Waals surface area contributed by atoms with Gasteiger partial charge in [-0.15, -0.1) is 18.9 Å². The molecular formula is C23H21F4NO10P2S. The molecule has 0 bridgehead atoms. The molecule has 3 aromatic carbocycles. The zero-order valence-electron chi connectivity index (χ0n) is 20.6. The molecule has 0 atom stereocenters. The van der Waals surface area contributed by atoms with Gasteiger partial charge in [0.2, 0.25) is 10.0 Å². The highest BCUT2D eigenvalue weighted by Gasteiger charge is 2.31. The Balaban J connectivity index is 1.95. The van der Waals surface area contributed by atoms with Crippen LogP contribution in [0.1, 0.15) is 32.6 Å². The van der Waals surface area contributed by atoms with Crippen LogP contribution >= 0.6 is 15.2 Å². The van der Waals surface area contributed by atoms with Gasteiger partial charge in [-0.1, -0.05) is 60.7 Å². The van der Waals surface area contributed by atoms with Crippen LogP contribution in [-0.2, 0) is 63.5 Å². The molecule has 3 aromatic rings. The molecule has 0 saturated heterocycles. The Kier molecular flexibility index (Phi) is 11.0. The van der Waals surface area contributed by atoms with Crippen molar-refractivity contribution in [1.29, 1.82) is 0 Å². The monoisotopic (exact) mass is 641 g/mol. The number of halogens is 4. The SMILES string of the molecule is O=C(O)c1ccccc1S(=O)(=O)N(Cc1ccc(CP(=O)(OF)OF)cc1)Cc1ccc(CP(=O)(OF)OF)cc1. The van der Waals surface area contributed by atoms with Crippen LogP contribution in [0.25, 0.3) is 0 Å². The molecule has 11 nitrogen and oxygen atoms in total. The lowest BCUT2D eigenvalue weighted by Crippen LogP contribution is -2.31. The molecule has 0 saturated carbocycles. The van der Waals surface area contributed by atoms with E-state index in [1.54, 1.807) is 0 Å². The summed E-state index contributed by atoms with van der Waals surface area (Å²) in [7, 11) is -13.8. The Hall–Kier alpha value is -2.94. The number of carbonyl (C=O) groups is 1. The Morgan fingerprint density at radius 2 is 1.05 bits per heavy atom. The maximum absolute atomic E-state index is 13.7. The lowest BCUT2D eigenvalue weighted by atomic mass is 10.1. The van der Waals surface area contributed by atoms with Gasteiger partial charge in [0.1, 0.15) is 0 Å². The molecule has 1 N–H and O–H groups in total. The number of aromatic carboxylic acids is 1. The standard InChI is InChI=1S/C23H21F4NO10P2S/c24-35-39(31,36-25)15-19-9-5-17(6-10-19)13-28(41(33,34)22-4-2-1-3-21(22)23(29)30)14-18-7-11-20(12-8-18)16-40(32,37-26)38-27/h1-12H,13-16H2,(H,29,30). The van der Waals surface area contributed by atoms with E-state index in [0.29, 0.717) is 11.1 Å². The van der Waals surface area contributed by atoms with E-state index in [9.17, 15) is 45.6 Å². The van der Waals surface area contributed by atoms with Gasteiger partial charge in [-0.25, -0.2) is 13.2 Å². The minimum absolute atomic E-state index is 0.139. The highest BCUT2D eigenvalue weighted by Crippen LogP contribution is 2.52. The summed E-state index contributed by atoms with van der Waals surface area (Å²) >= 11 is 0. The Morgan fingerprint density at radius 3 is 1.41 bits per heavy atom. The number of sulfonamides is 1. The second-order valence-corrected chi connectivity index (χ2v) is 14.1. The third-order valence-electron chi connectivity index (χ3n) is 5.67. The molecule has 0 unspecified atom stereocenters. The quantitative estimate of drug-likeness (QED) is 0.139. The van der Waals surface area contributed by atoms with Gasteiger partial charge in [-0.2, -0.15) is 4.31 Å². The van der Waals surface area contributed by atoms with Crippen molar-refractivity contribution in [2.45, 2.75) is 30.3 Å². The molecule has 0 aliphatic carbocycles. The highest BCUT2D eigenvalue weighted by atomic mass is 32.2. The van der Waals surface area contributed by atoms with Gasteiger partial charge in [-0.3, -0.25) is 9.13 Å². The number of carboxylic acids is 1. The fourth-order valence-corrected chi connectivity index (χ4v) is 6.86. The van der Waals surface area contributed by atoms with Crippen molar-refractivity contribution in [1.82, 2.24) is 4.31 Å². The first-order valence-corrected chi connectivity index (χ1v) is 16.2. The Bertz CT molecular complexity index is 1470. The van der Waals surface area contributed by atoms with Crippen molar-refractivity contribution in [2.24, 2.45) is 0 Å². The molecule has 0 radical (unpaired) electrons. The van der Waals surface area contributed by atoms with Gasteiger partial charge < -0.3 is 5.11 Å². The molecule has 3 rings (SSSR count). The number of carboxylic acid groups (broad SMARTS) is 1. The van der Waals surface area contributed by atoms with E-state index in [0.717, 1.165) is 16.4 Å². The molecule has 0 fully saturated rings. The molecule has 0 aromatic heterocycles. The lowest BCUT2D eigenvalue weighted by molar-refractivity contribution is -0.0881. The summed E-state index contributed by atoms with van der Waals surface area (Å²) < 4.78 is 114. The second-order valence-electron chi connectivity index (χ2n) is 8.52. The summed E-state index contributed by atoms with van der Waals surface area (Å²) in [5.74, 6) is -1.48.